The number of carbonyl (C=O) groups is 1. The molecule has 0 spiro atoms. The van der Waals surface area contributed by atoms with Gasteiger partial charge in [-0.15, -0.1) is 10.2 Å². The van der Waals surface area contributed by atoms with E-state index in [1.165, 1.54) is 0 Å². The predicted molar refractivity (Wildman–Crippen MR) is 90.9 cm³/mol. The van der Waals surface area contributed by atoms with Gasteiger partial charge in [-0.2, -0.15) is 5.10 Å². The van der Waals surface area contributed by atoms with Crippen LogP contribution in [-0.4, -0.2) is 49.0 Å². The lowest BCUT2D eigenvalue weighted by Gasteiger charge is -2.33. The van der Waals surface area contributed by atoms with Gasteiger partial charge < -0.3 is 14.2 Å². The fourth-order valence-electron chi connectivity index (χ4n) is 3.46. The molecule has 1 aromatic carbocycles. The molecule has 130 valence electrons. The van der Waals surface area contributed by atoms with Gasteiger partial charge in [-0.1, -0.05) is 18.2 Å². The number of carbonyl (C=O) groups excluding carboxylic acids is 1. The van der Waals surface area contributed by atoms with E-state index in [1.807, 2.05) is 47.7 Å². The van der Waals surface area contributed by atoms with Crippen LogP contribution >= 0.6 is 0 Å². The van der Waals surface area contributed by atoms with Gasteiger partial charge in [0.25, 0.3) is 5.91 Å². The fourth-order valence-corrected chi connectivity index (χ4v) is 3.46. The number of para-hydroxylation sites is 1. The van der Waals surface area contributed by atoms with Crippen molar-refractivity contribution in [2.24, 2.45) is 7.05 Å². The third-order valence-electron chi connectivity index (χ3n) is 4.76. The molecular formula is C17H20N6O2. The Morgan fingerprint density at radius 2 is 2.08 bits per heavy atom. The highest BCUT2D eigenvalue weighted by Crippen LogP contribution is 2.28. The van der Waals surface area contributed by atoms with Crippen LogP contribution in [0, 0.1) is 0 Å². The monoisotopic (exact) mass is 340 g/mol. The van der Waals surface area contributed by atoms with E-state index in [0.29, 0.717) is 25.4 Å². The summed E-state index contributed by atoms with van der Waals surface area (Å²) in [5.74, 6) is 1.50. The Kier molecular flexibility index (Phi) is 3.76. The Morgan fingerprint density at radius 1 is 1.28 bits per heavy atom. The second-order valence-corrected chi connectivity index (χ2v) is 6.22. The fraction of sp³-hybridized carbons (Fsp3) is 0.412. The molecule has 2 aromatic heterocycles. The van der Waals surface area contributed by atoms with Gasteiger partial charge in [-0.25, -0.2) is 0 Å². The molecule has 0 saturated heterocycles. The van der Waals surface area contributed by atoms with Crippen LogP contribution < -0.4 is 0 Å². The lowest BCUT2D eigenvalue weighted by Crippen LogP contribution is -2.41. The van der Waals surface area contributed by atoms with Crippen LogP contribution in [0.3, 0.4) is 0 Å². The Hall–Kier alpha value is -2.74. The Balaban J connectivity index is 1.69. The number of hydrogen-bond donors (Lipinski definition) is 0. The zero-order chi connectivity index (χ0) is 17.6. The van der Waals surface area contributed by atoms with Crippen LogP contribution in [0.25, 0.3) is 10.9 Å². The van der Waals surface area contributed by atoms with Crippen LogP contribution in [-0.2, 0) is 24.9 Å². The quantitative estimate of drug-likeness (QED) is 0.722. The molecule has 1 atom stereocenters. The van der Waals surface area contributed by atoms with E-state index in [1.54, 1.807) is 11.8 Å². The van der Waals surface area contributed by atoms with Crippen LogP contribution in [0.2, 0.25) is 0 Å². The number of aromatic nitrogens is 5. The first kappa shape index (κ1) is 15.8. The maximum atomic E-state index is 13.1. The first-order valence-corrected chi connectivity index (χ1v) is 8.25. The van der Waals surface area contributed by atoms with Gasteiger partial charge in [-0.05, 0) is 13.0 Å². The minimum Gasteiger partial charge on any atom is -0.377 e. The van der Waals surface area contributed by atoms with Crippen molar-refractivity contribution >= 4 is 16.8 Å². The van der Waals surface area contributed by atoms with Crippen LogP contribution in [0.1, 0.15) is 35.1 Å². The Morgan fingerprint density at radius 3 is 2.88 bits per heavy atom. The van der Waals surface area contributed by atoms with Crippen molar-refractivity contribution in [2.75, 3.05) is 13.7 Å². The second-order valence-electron chi connectivity index (χ2n) is 6.22. The van der Waals surface area contributed by atoms with Crippen molar-refractivity contribution in [2.45, 2.75) is 26.1 Å². The number of rotatable bonds is 3. The molecule has 0 radical (unpaired) electrons. The average Bonchev–Trinajstić information content (AvgIpc) is 3.18. The summed E-state index contributed by atoms with van der Waals surface area (Å²) in [5.41, 5.74) is 1.43. The number of methoxy groups -OCH3 is 1. The highest BCUT2D eigenvalue weighted by Gasteiger charge is 2.33. The van der Waals surface area contributed by atoms with Gasteiger partial charge in [0, 0.05) is 32.6 Å². The van der Waals surface area contributed by atoms with Gasteiger partial charge in [-0.3, -0.25) is 9.48 Å². The van der Waals surface area contributed by atoms with E-state index in [0.717, 1.165) is 22.6 Å². The summed E-state index contributed by atoms with van der Waals surface area (Å²) in [6.45, 7) is 3.63. The van der Waals surface area contributed by atoms with E-state index in [2.05, 4.69) is 15.3 Å². The van der Waals surface area contributed by atoms with Crippen molar-refractivity contribution in [1.82, 2.24) is 29.4 Å². The van der Waals surface area contributed by atoms with Crippen molar-refractivity contribution in [3.63, 3.8) is 0 Å². The van der Waals surface area contributed by atoms with E-state index in [9.17, 15) is 4.79 Å². The Labute approximate surface area is 145 Å². The molecule has 1 aliphatic heterocycles. The normalized spacial score (nSPS) is 17.1. The topological polar surface area (TPSA) is 78.1 Å². The molecule has 8 heteroatoms. The summed E-state index contributed by atoms with van der Waals surface area (Å²) in [7, 11) is 3.49. The summed E-state index contributed by atoms with van der Waals surface area (Å²) in [6.07, 6.45) is 0. The lowest BCUT2D eigenvalue weighted by molar-refractivity contribution is 0.0627. The van der Waals surface area contributed by atoms with E-state index in [4.69, 9.17) is 4.74 Å². The maximum Gasteiger partial charge on any atom is 0.275 e. The molecule has 0 bridgehead atoms. The summed E-state index contributed by atoms with van der Waals surface area (Å²) < 4.78 is 8.95. The first-order chi connectivity index (χ1) is 12.1. The molecule has 4 rings (SSSR count). The number of ether oxygens (including phenoxy) is 1. The summed E-state index contributed by atoms with van der Waals surface area (Å²) >= 11 is 0. The van der Waals surface area contributed by atoms with E-state index in [-0.39, 0.29) is 11.9 Å². The third-order valence-corrected chi connectivity index (χ3v) is 4.76. The van der Waals surface area contributed by atoms with Crippen LogP contribution in [0.15, 0.2) is 24.3 Å². The lowest BCUT2D eigenvalue weighted by atomic mass is 10.1. The summed E-state index contributed by atoms with van der Waals surface area (Å²) in [6, 6.07) is 7.60. The van der Waals surface area contributed by atoms with Gasteiger partial charge in [0.1, 0.15) is 6.61 Å². The first-order valence-electron chi connectivity index (χ1n) is 8.25. The molecule has 0 aliphatic carbocycles. The number of fused-ring (bicyclic) bond motifs is 2. The molecule has 1 aliphatic rings. The van der Waals surface area contributed by atoms with Gasteiger partial charge in [0.05, 0.1) is 11.6 Å². The molecule has 3 aromatic rings. The average molecular weight is 340 g/mol. The standard InChI is InChI=1S/C17H20N6O2/c1-11-16-19-18-14(10-25-3)23(16)9-8-22(11)17(24)15-12-6-4-5-7-13(12)21(2)20-15/h4-7,11H,8-10H2,1-3H3/t11-/m0/s1. The highest BCUT2D eigenvalue weighted by atomic mass is 16.5. The minimum absolute atomic E-state index is 0.0770. The van der Waals surface area contributed by atoms with Crippen LogP contribution in [0.5, 0.6) is 0 Å². The largest absolute Gasteiger partial charge is 0.377 e. The third kappa shape index (κ3) is 2.41. The number of nitrogens with zero attached hydrogens (tertiary/aromatic N) is 6. The maximum absolute atomic E-state index is 13.1. The molecule has 0 N–H and O–H groups in total. The molecule has 0 saturated carbocycles. The van der Waals surface area contributed by atoms with Gasteiger partial charge in [0.15, 0.2) is 17.3 Å². The van der Waals surface area contributed by atoms with E-state index < -0.39 is 0 Å². The number of aryl methyl sites for hydroxylation is 1. The van der Waals surface area contributed by atoms with Gasteiger partial charge >= 0.3 is 0 Å². The SMILES string of the molecule is COCc1nnc2n1CCN(C(=O)c1nn(C)c3ccccc13)[C@H]2C. The second kappa shape index (κ2) is 5.96. The van der Waals surface area contributed by atoms with Crippen LogP contribution in [0.4, 0.5) is 0 Å². The predicted octanol–water partition coefficient (Wildman–Crippen LogP) is 1.53. The zero-order valence-corrected chi connectivity index (χ0v) is 14.5. The molecule has 0 fully saturated rings. The minimum atomic E-state index is -0.167. The molecule has 8 nitrogen and oxygen atoms in total. The molecule has 0 unspecified atom stereocenters. The summed E-state index contributed by atoms with van der Waals surface area (Å²) in [4.78, 5) is 15.0. The van der Waals surface area contributed by atoms with Crippen molar-refractivity contribution in [3.8, 4) is 0 Å². The molecular weight excluding hydrogens is 320 g/mol. The summed E-state index contributed by atoms with van der Waals surface area (Å²) in [5, 5.41) is 13.8. The van der Waals surface area contributed by atoms with E-state index >= 15 is 0 Å². The molecule has 3 heterocycles. The molecule has 1 amide bonds. The number of amides is 1. The van der Waals surface area contributed by atoms with Crippen molar-refractivity contribution < 1.29 is 9.53 Å². The Bertz CT molecular complexity index is 944. The van der Waals surface area contributed by atoms with Gasteiger partial charge in [0.2, 0.25) is 0 Å². The smallest absolute Gasteiger partial charge is 0.275 e. The highest BCUT2D eigenvalue weighted by molar-refractivity contribution is 6.05. The van der Waals surface area contributed by atoms with Crippen molar-refractivity contribution in [3.05, 3.63) is 41.6 Å². The number of hydrogen-bond acceptors (Lipinski definition) is 5. The zero-order valence-electron chi connectivity index (χ0n) is 14.5. The molecule has 25 heavy (non-hydrogen) atoms. The number of benzene rings is 1. The van der Waals surface area contributed by atoms with Crippen molar-refractivity contribution in [1.29, 1.82) is 0 Å².